The molecule has 4 rings (SSSR count). The van der Waals surface area contributed by atoms with E-state index in [1.165, 1.54) is 0 Å². The number of aryl methyl sites for hydroxylation is 2. The van der Waals surface area contributed by atoms with Gasteiger partial charge in [0.2, 0.25) is 5.91 Å². The third-order valence-corrected chi connectivity index (χ3v) is 7.07. The summed E-state index contributed by atoms with van der Waals surface area (Å²) in [4.78, 5) is 12.9. The number of hydrogen-bond acceptors (Lipinski definition) is 5. The predicted octanol–water partition coefficient (Wildman–Crippen LogP) is 3.45. The van der Waals surface area contributed by atoms with Crippen molar-refractivity contribution in [3.8, 4) is 11.5 Å². The molecule has 8 heteroatoms. The molecule has 0 saturated carbocycles. The van der Waals surface area contributed by atoms with E-state index >= 15 is 0 Å². The lowest BCUT2D eigenvalue weighted by Gasteiger charge is -2.27. The average Bonchev–Trinajstić information content (AvgIpc) is 2.81. The summed E-state index contributed by atoms with van der Waals surface area (Å²) in [5, 5.41) is 2.78. The summed E-state index contributed by atoms with van der Waals surface area (Å²) in [6.45, 7) is 3.89. The number of nitrogens with one attached hydrogen (secondary N) is 1. The Morgan fingerprint density at radius 1 is 0.970 bits per heavy atom. The number of benzene rings is 3. The standard InChI is InChI=1S/C25H26N2O5S/c1-18-10-12-22(13-11-18)33(29,30)27(20-7-5-6-19(2)14-20)16-25(28)26-15-21-17-31-23-8-3-4-9-24(23)32-21/h3-14,21H,15-17H2,1-2H3,(H,26,28). The molecule has 0 aliphatic carbocycles. The van der Waals surface area contributed by atoms with Crippen LogP contribution in [-0.4, -0.2) is 40.1 Å². The van der Waals surface area contributed by atoms with Crippen LogP contribution in [0.15, 0.2) is 77.7 Å². The predicted molar refractivity (Wildman–Crippen MR) is 126 cm³/mol. The zero-order valence-electron chi connectivity index (χ0n) is 18.5. The zero-order chi connectivity index (χ0) is 23.4. The van der Waals surface area contributed by atoms with Crippen molar-refractivity contribution in [3.05, 3.63) is 83.9 Å². The molecular formula is C25H26N2O5S. The lowest BCUT2D eigenvalue weighted by Crippen LogP contribution is -2.45. The third-order valence-electron chi connectivity index (χ3n) is 5.28. The van der Waals surface area contributed by atoms with Crippen molar-refractivity contribution in [2.45, 2.75) is 24.8 Å². The number of sulfonamides is 1. The van der Waals surface area contributed by atoms with E-state index in [4.69, 9.17) is 9.47 Å². The highest BCUT2D eigenvalue weighted by atomic mass is 32.2. The minimum absolute atomic E-state index is 0.128. The number of ether oxygens (including phenoxy) is 2. The van der Waals surface area contributed by atoms with Crippen molar-refractivity contribution in [1.29, 1.82) is 0 Å². The number of amides is 1. The fourth-order valence-corrected chi connectivity index (χ4v) is 4.93. The number of nitrogens with zero attached hydrogens (tertiary/aromatic N) is 1. The molecule has 3 aromatic carbocycles. The molecule has 1 aliphatic rings. The molecule has 0 saturated heterocycles. The van der Waals surface area contributed by atoms with Gasteiger partial charge >= 0.3 is 0 Å². The summed E-state index contributed by atoms with van der Waals surface area (Å²) in [6.07, 6.45) is -0.370. The molecule has 0 spiro atoms. The van der Waals surface area contributed by atoms with Crippen LogP contribution in [0.3, 0.4) is 0 Å². The second kappa shape index (κ2) is 9.54. The molecule has 0 aromatic heterocycles. The second-order valence-electron chi connectivity index (χ2n) is 7.97. The Kier molecular flexibility index (Phi) is 6.55. The number of para-hydroxylation sites is 2. The van der Waals surface area contributed by atoms with E-state index in [-0.39, 0.29) is 24.1 Å². The van der Waals surface area contributed by atoms with Gasteiger partial charge in [-0.2, -0.15) is 0 Å². The van der Waals surface area contributed by atoms with E-state index in [1.54, 1.807) is 48.5 Å². The van der Waals surface area contributed by atoms with Crippen LogP contribution in [0.4, 0.5) is 5.69 Å². The van der Waals surface area contributed by atoms with Crippen LogP contribution in [0.25, 0.3) is 0 Å². The van der Waals surface area contributed by atoms with Crippen molar-refractivity contribution in [2.24, 2.45) is 0 Å². The number of fused-ring (bicyclic) bond motifs is 1. The van der Waals surface area contributed by atoms with Gasteiger partial charge in [-0.3, -0.25) is 9.10 Å². The quantitative estimate of drug-likeness (QED) is 0.577. The number of rotatable bonds is 7. The van der Waals surface area contributed by atoms with Crippen molar-refractivity contribution in [2.75, 3.05) is 24.0 Å². The van der Waals surface area contributed by atoms with Crippen LogP contribution in [0.2, 0.25) is 0 Å². The molecule has 0 bridgehead atoms. The molecule has 1 atom stereocenters. The van der Waals surface area contributed by atoms with Crippen LogP contribution >= 0.6 is 0 Å². The van der Waals surface area contributed by atoms with Gasteiger partial charge < -0.3 is 14.8 Å². The Labute approximate surface area is 194 Å². The Balaban J connectivity index is 1.49. The topological polar surface area (TPSA) is 84.9 Å². The van der Waals surface area contributed by atoms with Gasteiger partial charge in [0, 0.05) is 0 Å². The van der Waals surface area contributed by atoms with Crippen LogP contribution in [-0.2, 0) is 14.8 Å². The minimum atomic E-state index is -3.95. The first-order valence-corrected chi connectivity index (χ1v) is 12.1. The van der Waals surface area contributed by atoms with Crippen LogP contribution in [0.1, 0.15) is 11.1 Å². The van der Waals surface area contributed by atoms with Crippen molar-refractivity contribution >= 4 is 21.6 Å². The van der Waals surface area contributed by atoms with Gasteiger partial charge in [0.1, 0.15) is 19.3 Å². The number of hydrogen-bond donors (Lipinski definition) is 1. The fourth-order valence-electron chi connectivity index (χ4n) is 3.51. The SMILES string of the molecule is Cc1ccc(S(=O)(=O)N(CC(=O)NCC2COc3ccccc3O2)c2cccc(C)c2)cc1. The van der Waals surface area contributed by atoms with E-state index in [2.05, 4.69) is 5.32 Å². The van der Waals surface area contributed by atoms with Gasteiger partial charge in [-0.25, -0.2) is 8.42 Å². The van der Waals surface area contributed by atoms with Crippen molar-refractivity contribution in [3.63, 3.8) is 0 Å². The molecule has 172 valence electrons. The third kappa shape index (κ3) is 5.28. The summed E-state index contributed by atoms with van der Waals surface area (Å²) in [7, 11) is -3.95. The van der Waals surface area contributed by atoms with Crippen molar-refractivity contribution in [1.82, 2.24) is 5.32 Å². The van der Waals surface area contributed by atoms with Crippen molar-refractivity contribution < 1.29 is 22.7 Å². The molecule has 1 amide bonds. The first-order chi connectivity index (χ1) is 15.8. The van der Waals surface area contributed by atoms with E-state index in [1.807, 2.05) is 38.1 Å². The maximum atomic E-state index is 13.4. The highest BCUT2D eigenvalue weighted by Gasteiger charge is 2.28. The molecule has 1 unspecified atom stereocenters. The zero-order valence-corrected chi connectivity index (χ0v) is 19.3. The van der Waals surface area contributed by atoms with E-state index in [0.29, 0.717) is 23.8 Å². The number of carbonyl (C=O) groups is 1. The number of carbonyl (C=O) groups excluding carboxylic acids is 1. The highest BCUT2D eigenvalue weighted by molar-refractivity contribution is 7.92. The van der Waals surface area contributed by atoms with Crippen LogP contribution < -0.4 is 19.1 Å². The van der Waals surface area contributed by atoms with Crippen LogP contribution in [0.5, 0.6) is 11.5 Å². The Bertz CT molecular complexity index is 1240. The summed E-state index contributed by atoms with van der Waals surface area (Å²) in [5.41, 5.74) is 2.27. The smallest absolute Gasteiger partial charge is 0.264 e. The lowest BCUT2D eigenvalue weighted by atomic mass is 10.2. The van der Waals surface area contributed by atoms with Gasteiger partial charge in [-0.05, 0) is 55.8 Å². The van der Waals surface area contributed by atoms with E-state index in [9.17, 15) is 13.2 Å². The van der Waals surface area contributed by atoms with Gasteiger partial charge in [-0.1, -0.05) is 42.0 Å². The Morgan fingerprint density at radius 3 is 2.42 bits per heavy atom. The normalized spacial score (nSPS) is 15.0. The largest absolute Gasteiger partial charge is 0.486 e. The molecular weight excluding hydrogens is 440 g/mol. The Hall–Kier alpha value is -3.52. The van der Waals surface area contributed by atoms with Gasteiger partial charge in [0.05, 0.1) is 17.1 Å². The molecule has 1 heterocycles. The molecule has 3 aromatic rings. The molecule has 1 aliphatic heterocycles. The molecule has 0 fully saturated rings. The first kappa shape index (κ1) is 22.7. The second-order valence-corrected chi connectivity index (χ2v) is 9.83. The summed E-state index contributed by atoms with van der Waals surface area (Å²) in [5.74, 6) is 0.843. The summed E-state index contributed by atoms with van der Waals surface area (Å²) >= 11 is 0. The van der Waals surface area contributed by atoms with Gasteiger partial charge in [-0.15, -0.1) is 0 Å². The lowest BCUT2D eigenvalue weighted by molar-refractivity contribution is -0.120. The molecule has 33 heavy (non-hydrogen) atoms. The molecule has 0 radical (unpaired) electrons. The number of anilines is 1. The summed E-state index contributed by atoms with van der Waals surface area (Å²) < 4.78 is 39.5. The Morgan fingerprint density at radius 2 is 1.70 bits per heavy atom. The molecule has 1 N–H and O–H groups in total. The maximum absolute atomic E-state index is 13.4. The first-order valence-electron chi connectivity index (χ1n) is 10.6. The van der Waals surface area contributed by atoms with E-state index < -0.39 is 15.9 Å². The molecule has 7 nitrogen and oxygen atoms in total. The van der Waals surface area contributed by atoms with Gasteiger partial charge in [0.15, 0.2) is 11.5 Å². The van der Waals surface area contributed by atoms with E-state index in [0.717, 1.165) is 15.4 Å². The summed E-state index contributed by atoms with van der Waals surface area (Å²) in [6, 6.07) is 21.0. The average molecular weight is 467 g/mol. The monoisotopic (exact) mass is 466 g/mol. The van der Waals surface area contributed by atoms with Crippen LogP contribution in [0, 0.1) is 13.8 Å². The minimum Gasteiger partial charge on any atom is -0.486 e. The highest BCUT2D eigenvalue weighted by Crippen LogP contribution is 2.30. The van der Waals surface area contributed by atoms with Gasteiger partial charge in [0.25, 0.3) is 10.0 Å². The fraction of sp³-hybridized carbons (Fsp3) is 0.240. The maximum Gasteiger partial charge on any atom is 0.264 e.